The number of nitrogens with zero attached hydrogens (tertiary/aromatic N) is 4. The van der Waals surface area contributed by atoms with Crippen LogP contribution in [0.25, 0.3) is 0 Å². The van der Waals surface area contributed by atoms with Gasteiger partial charge in [0.25, 0.3) is 0 Å². The van der Waals surface area contributed by atoms with Crippen LogP contribution in [0.3, 0.4) is 0 Å². The number of benzene rings is 1. The number of likely N-dealkylation sites (tertiary alicyclic amines) is 1. The summed E-state index contributed by atoms with van der Waals surface area (Å²) in [6.07, 6.45) is 0.745. The zero-order valence-electron chi connectivity index (χ0n) is 19.1. The van der Waals surface area contributed by atoms with Crippen LogP contribution < -0.4 is 0 Å². The maximum absolute atomic E-state index is 13.1. The van der Waals surface area contributed by atoms with Crippen LogP contribution >= 0.6 is 11.6 Å². The average molecular weight is 493 g/mol. The van der Waals surface area contributed by atoms with E-state index >= 15 is 0 Å². The number of carbonyl (C=O) groups excluding carboxylic acids is 2. The van der Waals surface area contributed by atoms with Gasteiger partial charge >= 0.3 is 0 Å². The van der Waals surface area contributed by atoms with Gasteiger partial charge in [-0.1, -0.05) is 29.8 Å². The first-order valence-electron chi connectivity index (χ1n) is 11.1. The van der Waals surface area contributed by atoms with Crippen molar-refractivity contribution in [3.8, 4) is 0 Å². The number of amides is 2. The van der Waals surface area contributed by atoms with Gasteiger partial charge in [-0.25, -0.2) is 8.42 Å². The van der Waals surface area contributed by atoms with E-state index in [0.29, 0.717) is 31.1 Å². The molecular weight excluding hydrogens is 464 g/mol. The Morgan fingerprint density at radius 2 is 2.00 bits per heavy atom. The monoisotopic (exact) mass is 492 g/mol. The third-order valence-electron chi connectivity index (χ3n) is 6.68. The molecule has 1 aromatic carbocycles. The van der Waals surface area contributed by atoms with Crippen LogP contribution in [0, 0.1) is 19.8 Å². The minimum absolute atomic E-state index is 0.0516. The Morgan fingerprint density at radius 1 is 1.27 bits per heavy atom. The highest BCUT2D eigenvalue weighted by Gasteiger charge is 2.36. The summed E-state index contributed by atoms with van der Waals surface area (Å²) in [7, 11) is -1.28. The lowest BCUT2D eigenvalue weighted by Gasteiger charge is -2.22. The zero-order chi connectivity index (χ0) is 23.9. The van der Waals surface area contributed by atoms with Crippen molar-refractivity contribution in [2.75, 3.05) is 25.1 Å². The first-order valence-corrected chi connectivity index (χ1v) is 13.3. The first-order chi connectivity index (χ1) is 15.6. The molecule has 1 aromatic heterocycles. The zero-order valence-corrected chi connectivity index (χ0v) is 20.7. The minimum Gasteiger partial charge on any atom is -0.341 e. The van der Waals surface area contributed by atoms with Gasteiger partial charge in [0.15, 0.2) is 9.84 Å². The fraction of sp³-hybridized carbons (Fsp3) is 0.522. The van der Waals surface area contributed by atoms with Gasteiger partial charge in [-0.15, -0.1) is 0 Å². The van der Waals surface area contributed by atoms with Gasteiger partial charge in [0.1, 0.15) is 0 Å². The fourth-order valence-electron chi connectivity index (χ4n) is 4.80. The Bertz CT molecular complexity index is 1190. The van der Waals surface area contributed by atoms with Gasteiger partial charge in [-0.2, -0.15) is 5.10 Å². The van der Waals surface area contributed by atoms with E-state index in [1.165, 1.54) is 0 Å². The molecule has 0 saturated carbocycles. The van der Waals surface area contributed by atoms with Crippen LogP contribution in [0.5, 0.6) is 0 Å². The number of carbonyl (C=O) groups is 2. The third kappa shape index (κ3) is 4.94. The normalized spacial score (nSPS) is 22.2. The molecule has 8 nitrogen and oxygen atoms in total. The Labute approximate surface area is 199 Å². The second-order valence-electron chi connectivity index (χ2n) is 9.11. The molecule has 0 bridgehead atoms. The summed E-state index contributed by atoms with van der Waals surface area (Å²) in [5.74, 6) is -0.247. The van der Waals surface area contributed by atoms with Crippen LogP contribution in [0.2, 0.25) is 5.02 Å². The van der Waals surface area contributed by atoms with Crippen LogP contribution in [0.15, 0.2) is 24.3 Å². The van der Waals surface area contributed by atoms with Crippen molar-refractivity contribution < 1.29 is 18.0 Å². The summed E-state index contributed by atoms with van der Waals surface area (Å²) >= 11 is 6.23. The lowest BCUT2D eigenvalue weighted by molar-refractivity contribution is -0.135. The SMILES string of the molecule is Cc1nn([C@@H]2CCS(=O)(=O)C2)c(C)c1CN(C)C(=O)[C@H]1CC(=O)N(Cc2ccccc2Cl)C1. The van der Waals surface area contributed by atoms with E-state index in [0.717, 1.165) is 22.5 Å². The molecule has 2 amide bonds. The van der Waals surface area contributed by atoms with E-state index in [2.05, 4.69) is 5.10 Å². The maximum atomic E-state index is 13.1. The molecule has 3 heterocycles. The Morgan fingerprint density at radius 3 is 2.67 bits per heavy atom. The predicted octanol–water partition coefficient (Wildman–Crippen LogP) is 2.52. The van der Waals surface area contributed by atoms with Crippen molar-refractivity contribution in [2.24, 2.45) is 5.92 Å². The lowest BCUT2D eigenvalue weighted by Crippen LogP contribution is -2.34. The molecular formula is C23H29ClN4O4S. The lowest BCUT2D eigenvalue weighted by atomic mass is 10.1. The fourth-order valence-corrected chi connectivity index (χ4v) is 6.69. The van der Waals surface area contributed by atoms with Crippen LogP contribution in [0.4, 0.5) is 0 Å². The number of aryl methyl sites for hydroxylation is 1. The molecule has 0 radical (unpaired) electrons. The van der Waals surface area contributed by atoms with Gasteiger partial charge in [0.2, 0.25) is 11.8 Å². The Balaban J connectivity index is 1.42. The molecule has 2 aliphatic heterocycles. The third-order valence-corrected chi connectivity index (χ3v) is 8.80. The summed E-state index contributed by atoms with van der Waals surface area (Å²) in [5.41, 5.74) is 3.46. The van der Waals surface area contributed by atoms with E-state index in [4.69, 9.17) is 11.6 Å². The number of aromatic nitrogens is 2. The number of rotatable bonds is 6. The minimum atomic E-state index is -3.02. The van der Waals surface area contributed by atoms with E-state index in [-0.39, 0.29) is 35.8 Å². The maximum Gasteiger partial charge on any atom is 0.228 e. The van der Waals surface area contributed by atoms with Crippen molar-refractivity contribution in [1.29, 1.82) is 0 Å². The van der Waals surface area contributed by atoms with Gasteiger partial charge in [0.05, 0.1) is 29.2 Å². The summed E-state index contributed by atoms with van der Waals surface area (Å²) in [5, 5.41) is 5.19. The van der Waals surface area contributed by atoms with Crippen LogP contribution in [0.1, 0.15) is 41.4 Å². The molecule has 33 heavy (non-hydrogen) atoms. The second kappa shape index (κ2) is 9.10. The summed E-state index contributed by atoms with van der Waals surface area (Å²) in [6, 6.07) is 7.24. The summed E-state index contributed by atoms with van der Waals surface area (Å²) in [4.78, 5) is 29.0. The molecule has 0 aliphatic carbocycles. The van der Waals surface area contributed by atoms with Crippen LogP contribution in [-0.2, 0) is 32.5 Å². The standard InChI is InChI=1S/C23H29ClN4O4S/c1-15-20(16(2)28(25-15)19-8-9-33(31,32)14-19)13-26(3)23(30)18-10-22(29)27(12-18)11-17-6-4-5-7-21(17)24/h4-7,18-19H,8-14H2,1-3H3/t18-,19+/m0/s1. The molecule has 0 spiro atoms. The van der Waals surface area contributed by atoms with Crippen LogP contribution in [-0.4, -0.2) is 64.9 Å². The van der Waals surface area contributed by atoms with Crippen molar-refractivity contribution in [1.82, 2.24) is 19.6 Å². The molecule has 2 saturated heterocycles. The van der Waals surface area contributed by atoms with Crippen molar-refractivity contribution >= 4 is 33.3 Å². The molecule has 0 N–H and O–H groups in total. The van der Waals surface area contributed by atoms with Crippen molar-refractivity contribution in [3.05, 3.63) is 51.8 Å². The molecule has 2 aromatic rings. The second-order valence-corrected chi connectivity index (χ2v) is 11.7. The number of hydrogen-bond acceptors (Lipinski definition) is 5. The largest absolute Gasteiger partial charge is 0.341 e. The van der Waals surface area contributed by atoms with E-state index < -0.39 is 15.8 Å². The molecule has 2 atom stereocenters. The van der Waals surface area contributed by atoms with Crippen molar-refractivity contribution in [3.63, 3.8) is 0 Å². The topological polar surface area (TPSA) is 92.6 Å². The quantitative estimate of drug-likeness (QED) is 0.617. The highest BCUT2D eigenvalue weighted by Crippen LogP contribution is 2.28. The Hall–Kier alpha value is -2.39. The van der Waals surface area contributed by atoms with E-state index in [1.54, 1.807) is 27.6 Å². The Kier molecular flexibility index (Phi) is 6.55. The predicted molar refractivity (Wildman–Crippen MR) is 125 cm³/mol. The molecule has 4 rings (SSSR count). The summed E-state index contributed by atoms with van der Waals surface area (Å²) in [6.45, 7) is 4.92. The summed E-state index contributed by atoms with van der Waals surface area (Å²) < 4.78 is 25.6. The number of sulfone groups is 1. The van der Waals surface area contributed by atoms with E-state index in [1.807, 2.05) is 32.0 Å². The van der Waals surface area contributed by atoms with E-state index in [9.17, 15) is 18.0 Å². The number of halogens is 1. The molecule has 178 valence electrons. The number of hydrogen-bond donors (Lipinski definition) is 0. The molecule has 2 aliphatic rings. The average Bonchev–Trinajstić information content (AvgIpc) is 3.39. The highest BCUT2D eigenvalue weighted by molar-refractivity contribution is 7.91. The van der Waals surface area contributed by atoms with Gasteiger partial charge < -0.3 is 9.80 Å². The molecule has 10 heteroatoms. The molecule has 0 unspecified atom stereocenters. The first kappa shape index (κ1) is 23.8. The van der Waals surface area contributed by atoms with Gasteiger partial charge in [-0.05, 0) is 31.9 Å². The smallest absolute Gasteiger partial charge is 0.228 e. The van der Waals surface area contributed by atoms with Gasteiger partial charge in [0, 0.05) is 49.4 Å². The van der Waals surface area contributed by atoms with Crippen molar-refractivity contribution in [2.45, 2.75) is 45.8 Å². The van der Waals surface area contributed by atoms with Gasteiger partial charge in [-0.3, -0.25) is 14.3 Å². The highest BCUT2D eigenvalue weighted by atomic mass is 35.5. The molecule has 2 fully saturated rings.